The quantitative estimate of drug-likeness (QED) is 0.203. The standard InChI is InChI=1S/C30H25NO6/c1-17(2)24-14-25-21(13-27(32)37-26(25)11-18(24)3)16-36-30(35)20-8-6-7-19(12-20)15-31-28(33)22-9-4-5-10-23(22)29(31)34/h4-14,17H,15-16H2,1-3H3. The minimum atomic E-state index is -0.582. The molecule has 0 spiro atoms. The molecule has 0 aliphatic carbocycles. The van der Waals surface area contributed by atoms with E-state index in [4.69, 9.17) is 9.15 Å². The average molecular weight is 496 g/mol. The monoisotopic (exact) mass is 495 g/mol. The van der Waals surface area contributed by atoms with Crippen LogP contribution in [0, 0.1) is 6.92 Å². The Morgan fingerprint density at radius 3 is 2.30 bits per heavy atom. The molecule has 3 aromatic carbocycles. The van der Waals surface area contributed by atoms with Gasteiger partial charge in [-0.3, -0.25) is 14.5 Å². The van der Waals surface area contributed by atoms with Gasteiger partial charge in [-0.1, -0.05) is 38.1 Å². The molecule has 0 saturated carbocycles. The first-order valence-corrected chi connectivity index (χ1v) is 12.0. The lowest BCUT2D eigenvalue weighted by Crippen LogP contribution is -2.29. The maximum Gasteiger partial charge on any atom is 0.338 e. The Bertz CT molecular complexity index is 1600. The van der Waals surface area contributed by atoms with E-state index in [0.29, 0.717) is 27.8 Å². The molecule has 5 rings (SSSR count). The van der Waals surface area contributed by atoms with E-state index in [1.54, 1.807) is 48.5 Å². The highest BCUT2D eigenvalue weighted by atomic mass is 16.5. The Labute approximate surface area is 213 Å². The molecule has 0 atom stereocenters. The average Bonchev–Trinajstić information content (AvgIpc) is 3.11. The smallest absolute Gasteiger partial charge is 0.338 e. The molecule has 0 fully saturated rings. The van der Waals surface area contributed by atoms with Crippen LogP contribution in [0.5, 0.6) is 0 Å². The van der Waals surface area contributed by atoms with E-state index in [1.807, 2.05) is 19.1 Å². The van der Waals surface area contributed by atoms with E-state index in [9.17, 15) is 19.2 Å². The van der Waals surface area contributed by atoms with Gasteiger partial charge in [0.2, 0.25) is 0 Å². The molecular weight excluding hydrogens is 470 g/mol. The number of esters is 1. The van der Waals surface area contributed by atoms with Gasteiger partial charge in [0, 0.05) is 17.0 Å². The topological polar surface area (TPSA) is 93.9 Å². The van der Waals surface area contributed by atoms with Crippen molar-refractivity contribution in [3.63, 3.8) is 0 Å². The molecule has 1 aliphatic rings. The maximum absolute atomic E-state index is 12.9. The molecule has 0 radical (unpaired) electrons. The molecular formula is C30H25NO6. The summed E-state index contributed by atoms with van der Waals surface area (Å²) in [5, 5.41) is 0.723. The summed E-state index contributed by atoms with van der Waals surface area (Å²) >= 11 is 0. The highest BCUT2D eigenvalue weighted by Crippen LogP contribution is 2.28. The Morgan fingerprint density at radius 1 is 0.919 bits per heavy atom. The summed E-state index contributed by atoms with van der Waals surface area (Å²) in [6.07, 6.45) is 0. The zero-order valence-electron chi connectivity index (χ0n) is 20.7. The summed E-state index contributed by atoms with van der Waals surface area (Å²) in [6.45, 7) is 6.07. The number of nitrogens with zero attached hydrogens (tertiary/aromatic N) is 1. The summed E-state index contributed by atoms with van der Waals surface area (Å²) in [6, 6.07) is 18.5. The van der Waals surface area contributed by atoms with Gasteiger partial charge in [0.05, 0.1) is 23.2 Å². The molecule has 2 amide bonds. The number of carbonyl (C=O) groups is 3. The normalized spacial score (nSPS) is 12.9. The number of hydrogen-bond donors (Lipinski definition) is 0. The van der Waals surface area contributed by atoms with Gasteiger partial charge in [-0.05, 0) is 65.9 Å². The summed E-state index contributed by atoms with van der Waals surface area (Å²) < 4.78 is 10.9. The van der Waals surface area contributed by atoms with Crippen molar-refractivity contribution in [1.82, 2.24) is 4.90 Å². The second-order valence-electron chi connectivity index (χ2n) is 9.47. The molecule has 4 aromatic rings. The van der Waals surface area contributed by atoms with Crippen LogP contribution in [0.4, 0.5) is 0 Å². The number of benzene rings is 3. The van der Waals surface area contributed by atoms with Crippen LogP contribution in [0.25, 0.3) is 11.0 Å². The van der Waals surface area contributed by atoms with E-state index in [0.717, 1.165) is 16.5 Å². The summed E-state index contributed by atoms with van der Waals surface area (Å²) in [5.74, 6) is -1.03. The summed E-state index contributed by atoms with van der Waals surface area (Å²) in [7, 11) is 0. The Balaban J connectivity index is 1.35. The first-order chi connectivity index (χ1) is 17.7. The molecule has 7 heteroatoms. The predicted octanol–water partition coefficient (Wildman–Crippen LogP) is 5.38. The Morgan fingerprint density at radius 2 is 1.62 bits per heavy atom. The zero-order valence-corrected chi connectivity index (χ0v) is 20.7. The number of amides is 2. The largest absolute Gasteiger partial charge is 0.457 e. The van der Waals surface area contributed by atoms with Gasteiger partial charge in [-0.15, -0.1) is 0 Å². The molecule has 0 saturated heterocycles. The minimum Gasteiger partial charge on any atom is -0.457 e. The molecule has 0 N–H and O–H groups in total. The SMILES string of the molecule is Cc1cc2oc(=O)cc(COC(=O)c3cccc(CN4C(=O)c5ccccc5C4=O)c3)c2cc1C(C)C. The molecule has 0 unspecified atom stereocenters. The maximum atomic E-state index is 12.9. The zero-order chi connectivity index (χ0) is 26.3. The highest BCUT2D eigenvalue weighted by molar-refractivity contribution is 6.21. The van der Waals surface area contributed by atoms with Crippen LogP contribution in [0.3, 0.4) is 0 Å². The Kier molecular flexibility index (Phi) is 6.21. The summed E-state index contributed by atoms with van der Waals surface area (Å²) in [5.41, 5.74) is 4.28. The van der Waals surface area contributed by atoms with E-state index in [1.165, 1.54) is 11.0 Å². The van der Waals surface area contributed by atoms with E-state index in [2.05, 4.69) is 13.8 Å². The number of aryl methyl sites for hydroxylation is 1. The van der Waals surface area contributed by atoms with Crippen LogP contribution in [-0.4, -0.2) is 22.7 Å². The lowest BCUT2D eigenvalue weighted by molar-refractivity contribution is 0.0473. The van der Waals surface area contributed by atoms with Gasteiger partial charge < -0.3 is 9.15 Å². The minimum absolute atomic E-state index is 0.0369. The number of carbonyl (C=O) groups excluding carboxylic acids is 3. The van der Waals surface area contributed by atoms with Crippen molar-refractivity contribution < 1.29 is 23.5 Å². The molecule has 0 bridgehead atoms. The number of imide groups is 1. The summed E-state index contributed by atoms with van der Waals surface area (Å²) in [4.78, 5) is 51.6. The second-order valence-corrected chi connectivity index (χ2v) is 9.47. The molecule has 2 heterocycles. The predicted molar refractivity (Wildman–Crippen MR) is 138 cm³/mol. The third-order valence-corrected chi connectivity index (χ3v) is 6.58. The van der Waals surface area contributed by atoms with Gasteiger partial charge >= 0.3 is 11.6 Å². The van der Waals surface area contributed by atoms with Crippen molar-refractivity contribution in [2.75, 3.05) is 0 Å². The number of ether oxygens (including phenoxy) is 1. The van der Waals surface area contributed by atoms with Crippen molar-refractivity contribution in [1.29, 1.82) is 0 Å². The highest BCUT2D eigenvalue weighted by Gasteiger charge is 2.35. The van der Waals surface area contributed by atoms with Crippen molar-refractivity contribution in [3.05, 3.63) is 116 Å². The third-order valence-electron chi connectivity index (χ3n) is 6.58. The first-order valence-electron chi connectivity index (χ1n) is 12.0. The number of fused-ring (bicyclic) bond motifs is 2. The van der Waals surface area contributed by atoms with Gasteiger partial charge in [-0.25, -0.2) is 9.59 Å². The van der Waals surface area contributed by atoms with Gasteiger partial charge in [0.15, 0.2) is 0 Å². The van der Waals surface area contributed by atoms with Crippen LogP contribution in [-0.2, 0) is 17.9 Å². The molecule has 1 aliphatic heterocycles. The van der Waals surface area contributed by atoms with E-state index < -0.39 is 11.6 Å². The fraction of sp³-hybridized carbons (Fsp3) is 0.200. The fourth-order valence-electron chi connectivity index (χ4n) is 4.72. The molecule has 37 heavy (non-hydrogen) atoms. The van der Waals surface area contributed by atoms with Crippen LogP contribution in [0.2, 0.25) is 0 Å². The molecule has 1 aromatic heterocycles. The Hall–Kier alpha value is -4.52. The lowest BCUT2D eigenvalue weighted by atomic mass is 9.95. The van der Waals surface area contributed by atoms with E-state index >= 15 is 0 Å². The van der Waals surface area contributed by atoms with Crippen molar-refractivity contribution in [2.45, 2.75) is 39.8 Å². The fourth-order valence-corrected chi connectivity index (χ4v) is 4.72. The van der Waals surface area contributed by atoms with Crippen LogP contribution < -0.4 is 5.63 Å². The van der Waals surface area contributed by atoms with Gasteiger partial charge in [0.1, 0.15) is 12.2 Å². The van der Waals surface area contributed by atoms with Crippen LogP contribution >= 0.6 is 0 Å². The first kappa shape index (κ1) is 24.2. The van der Waals surface area contributed by atoms with Crippen molar-refractivity contribution in [3.8, 4) is 0 Å². The number of hydrogen-bond acceptors (Lipinski definition) is 6. The van der Waals surface area contributed by atoms with Gasteiger partial charge in [0.25, 0.3) is 11.8 Å². The van der Waals surface area contributed by atoms with E-state index in [-0.39, 0.29) is 36.4 Å². The third kappa shape index (κ3) is 4.56. The van der Waals surface area contributed by atoms with Crippen molar-refractivity contribution >= 4 is 28.8 Å². The van der Waals surface area contributed by atoms with Crippen LogP contribution in [0.15, 0.2) is 75.9 Å². The van der Waals surface area contributed by atoms with Gasteiger partial charge in [-0.2, -0.15) is 0 Å². The second kappa shape index (κ2) is 9.50. The lowest BCUT2D eigenvalue weighted by Gasteiger charge is -2.15. The molecule has 7 nitrogen and oxygen atoms in total. The van der Waals surface area contributed by atoms with Crippen LogP contribution in [0.1, 0.15) is 73.1 Å². The van der Waals surface area contributed by atoms with Crippen molar-refractivity contribution in [2.24, 2.45) is 0 Å². The number of rotatable bonds is 6. The molecule has 186 valence electrons.